The van der Waals surface area contributed by atoms with Crippen LogP contribution in [0.5, 0.6) is 0 Å². The molecule has 0 saturated heterocycles. The Morgan fingerprint density at radius 1 is 0.206 bits per heavy atom. The SMILES string of the molecule is c1ccc(-c2nc(-c3ccccc3)nc(-c3c(-c4ccccc4)c(-n4c5ccccc5c5ccccc54)c(-c4ccccc4)c(-n4c5ccccc5c5ccccc54)c3-c3ccccc3)n2)cc1. The van der Waals surface area contributed by atoms with Crippen LogP contribution in [0.25, 0.3) is 123 Å². The lowest BCUT2D eigenvalue weighted by Crippen LogP contribution is -2.12. The van der Waals surface area contributed by atoms with Crippen molar-refractivity contribution in [1.82, 2.24) is 24.1 Å². The van der Waals surface area contributed by atoms with Crippen LogP contribution in [0.2, 0.25) is 0 Å². The summed E-state index contributed by atoms with van der Waals surface area (Å²) >= 11 is 0. The maximum Gasteiger partial charge on any atom is 0.165 e. The third-order valence-electron chi connectivity index (χ3n) is 13.2. The van der Waals surface area contributed by atoms with E-state index in [9.17, 15) is 0 Å². The lowest BCUT2D eigenvalue weighted by molar-refractivity contribution is 1.07. The number of aromatic nitrogens is 5. The Bertz CT molecular complexity index is 3650. The molecule has 3 heterocycles. The Balaban J connectivity index is 1.36. The molecule has 0 aliphatic carbocycles. The topological polar surface area (TPSA) is 48.5 Å². The summed E-state index contributed by atoms with van der Waals surface area (Å²) in [7, 11) is 0. The number of para-hydroxylation sites is 4. The molecular weight excluding hydrogens is 827 g/mol. The van der Waals surface area contributed by atoms with Crippen molar-refractivity contribution < 1.29 is 0 Å². The molecule has 0 radical (unpaired) electrons. The predicted molar refractivity (Wildman–Crippen MR) is 281 cm³/mol. The normalized spacial score (nSPS) is 11.5. The molecule has 0 unspecified atom stereocenters. The molecule has 13 rings (SSSR count). The van der Waals surface area contributed by atoms with Gasteiger partial charge in [0.2, 0.25) is 0 Å². The Labute approximate surface area is 393 Å². The van der Waals surface area contributed by atoms with Crippen LogP contribution in [0.1, 0.15) is 0 Å². The molecule has 0 aliphatic rings. The van der Waals surface area contributed by atoms with E-state index in [1.54, 1.807) is 0 Å². The molecule has 0 atom stereocenters. The molecule has 0 spiro atoms. The third-order valence-corrected chi connectivity index (χ3v) is 13.2. The molecule has 0 aliphatic heterocycles. The van der Waals surface area contributed by atoms with Crippen molar-refractivity contribution in [3.8, 4) is 78.9 Å². The van der Waals surface area contributed by atoms with Crippen LogP contribution in [-0.2, 0) is 0 Å². The Morgan fingerprint density at radius 2 is 0.456 bits per heavy atom. The Morgan fingerprint density at radius 3 is 0.779 bits per heavy atom. The minimum absolute atomic E-state index is 0.569. The van der Waals surface area contributed by atoms with Crippen LogP contribution < -0.4 is 0 Å². The van der Waals surface area contributed by atoms with Gasteiger partial charge in [-0.3, -0.25) is 0 Å². The highest BCUT2D eigenvalue weighted by Gasteiger charge is 2.34. The van der Waals surface area contributed by atoms with E-state index in [0.29, 0.717) is 17.5 Å². The standard InChI is InChI=1S/C63H41N5/c1-6-24-42(25-7-1)55-58(63-65-61(45-30-12-4-13-31-45)64-62(66-63)46-32-14-5-15-33-46)56(43-26-8-2-9-27-43)60(68-53-40-22-18-36-49(53)50-37-19-23-41-54(50)68)57(44-28-10-3-11-29-44)59(55)67-51-38-20-16-34-47(51)48-35-17-21-39-52(48)67/h1-41H. The Hall–Kier alpha value is -9.19. The first-order valence-corrected chi connectivity index (χ1v) is 23.0. The first-order valence-electron chi connectivity index (χ1n) is 23.0. The van der Waals surface area contributed by atoms with Crippen LogP contribution in [0.3, 0.4) is 0 Å². The zero-order chi connectivity index (χ0) is 45.0. The van der Waals surface area contributed by atoms with Crippen molar-refractivity contribution >= 4 is 43.6 Å². The van der Waals surface area contributed by atoms with Gasteiger partial charge in [0.05, 0.1) is 33.4 Å². The van der Waals surface area contributed by atoms with Crippen LogP contribution >= 0.6 is 0 Å². The second-order valence-corrected chi connectivity index (χ2v) is 17.1. The number of fused-ring (bicyclic) bond motifs is 6. The lowest BCUT2D eigenvalue weighted by atomic mass is 9.83. The van der Waals surface area contributed by atoms with Crippen molar-refractivity contribution in [3.63, 3.8) is 0 Å². The molecule has 0 bridgehead atoms. The molecule has 318 valence electrons. The van der Waals surface area contributed by atoms with E-state index in [1.165, 1.54) is 21.5 Å². The average Bonchev–Trinajstić information content (AvgIpc) is 3.94. The van der Waals surface area contributed by atoms with Gasteiger partial charge in [0, 0.05) is 54.9 Å². The minimum atomic E-state index is 0.569. The molecule has 0 fully saturated rings. The van der Waals surface area contributed by atoms with Crippen molar-refractivity contribution in [1.29, 1.82) is 0 Å². The zero-order valence-corrected chi connectivity index (χ0v) is 36.9. The molecule has 68 heavy (non-hydrogen) atoms. The molecule has 0 N–H and O–H groups in total. The van der Waals surface area contributed by atoms with Crippen molar-refractivity contribution in [2.45, 2.75) is 0 Å². The highest BCUT2D eigenvalue weighted by atomic mass is 15.1. The summed E-state index contributed by atoms with van der Waals surface area (Å²) < 4.78 is 5.00. The van der Waals surface area contributed by atoms with Crippen LogP contribution in [0.15, 0.2) is 249 Å². The fraction of sp³-hybridized carbons (Fsp3) is 0. The van der Waals surface area contributed by atoms with Gasteiger partial charge in [-0.15, -0.1) is 0 Å². The van der Waals surface area contributed by atoms with Crippen LogP contribution in [0.4, 0.5) is 0 Å². The summed E-state index contributed by atoms with van der Waals surface area (Å²) in [6.07, 6.45) is 0. The van der Waals surface area contributed by atoms with E-state index in [2.05, 4.69) is 221 Å². The average molecular weight is 868 g/mol. The summed E-state index contributed by atoms with van der Waals surface area (Å²) in [5.41, 5.74) is 15.4. The van der Waals surface area contributed by atoms with Gasteiger partial charge in [-0.05, 0) is 41.0 Å². The largest absolute Gasteiger partial charge is 0.308 e. The summed E-state index contributed by atoms with van der Waals surface area (Å²) in [5, 5.41) is 4.69. The van der Waals surface area contributed by atoms with Gasteiger partial charge in [-0.2, -0.15) is 0 Å². The highest BCUT2D eigenvalue weighted by molar-refractivity contribution is 6.16. The van der Waals surface area contributed by atoms with E-state index in [0.717, 1.165) is 83.5 Å². The van der Waals surface area contributed by atoms with Gasteiger partial charge < -0.3 is 9.13 Å². The fourth-order valence-electron chi connectivity index (χ4n) is 10.3. The predicted octanol–water partition coefficient (Wildman–Crippen LogP) is 16.1. The second kappa shape index (κ2) is 16.4. The molecule has 13 aromatic rings. The first-order chi connectivity index (χ1) is 33.8. The molecule has 10 aromatic carbocycles. The van der Waals surface area contributed by atoms with Crippen LogP contribution in [-0.4, -0.2) is 24.1 Å². The number of rotatable bonds is 8. The van der Waals surface area contributed by atoms with E-state index < -0.39 is 0 Å². The number of benzene rings is 10. The summed E-state index contributed by atoms with van der Waals surface area (Å²) in [5.74, 6) is 1.76. The van der Waals surface area contributed by atoms with Gasteiger partial charge in [0.15, 0.2) is 17.5 Å². The lowest BCUT2D eigenvalue weighted by Gasteiger charge is -2.29. The monoisotopic (exact) mass is 867 g/mol. The zero-order valence-electron chi connectivity index (χ0n) is 36.9. The Kier molecular flexibility index (Phi) is 9.43. The summed E-state index contributed by atoms with van der Waals surface area (Å²) in [6, 6.07) is 88.4. The van der Waals surface area contributed by atoms with Crippen LogP contribution in [0, 0.1) is 0 Å². The molecule has 5 nitrogen and oxygen atoms in total. The molecule has 0 saturated carbocycles. The maximum atomic E-state index is 5.63. The second-order valence-electron chi connectivity index (χ2n) is 17.1. The molecule has 0 amide bonds. The molecular formula is C63H41N5. The van der Waals surface area contributed by atoms with Crippen molar-refractivity contribution in [2.75, 3.05) is 0 Å². The molecule has 3 aromatic heterocycles. The van der Waals surface area contributed by atoms with E-state index in [-0.39, 0.29) is 0 Å². The third kappa shape index (κ3) is 6.36. The highest BCUT2D eigenvalue weighted by Crippen LogP contribution is 2.54. The fourth-order valence-corrected chi connectivity index (χ4v) is 10.3. The number of hydrogen-bond acceptors (Lipinski definition) is 3. The van der Waals surface area contributed by atoms with Gasteiger partial charge in [-0.1, -0.05) is 224 Å². The van der Waals surface area contributed by atoms with Crippen molar-refractivity contribution in [2.24, 2.45) is 0 Å². The van der Waals surface area contributed by atoms with Crippen molar-refractivity contribution in [3.05, 3.63) is 249 Å². The van der Waals surface area contributed by atoms with E-state index in [1.807, 2.05) is 36.4 Å². The number of nitrogens with zero attached hydrogens (tertiary/aromatic N) is 5. The van der Waals surface area contributed by atoms with Gasteiger partial charge in [0.1, 0.15) is 0 Å². The maximum absolute atomic E-state index is 5.63. The van der Waals surface area contributed by atoms with E-state index in [4.69, 9.17) is 15.0 Å². The number of hydrogen-bond donors (Lipinski definition) is 0. The smallest absolute Gasteiger partial charge is 0.165 e. The van der Waals surface area contributed by atoms with Gasteiger partial charge >= 0.3 is 0 Å². The summed E-state index contributed by atoms with van der Waals surface area (Å²) in [4.78, 5) is 16.5. The first kappa shape index (κ1) is 39.2. The van der Waals surface area contributed by atoms with Gasteiger partial charge in [-0.25, -0.2) is 15.0 Å². The van der Waals surface area contributed by atoms with Gasteiger partial charge in [0.25, 0.3) is 0 Å². The van der Waals surface area contributed by atoms with E-state index >= 15 is 0 Å². The summed E-state index contributed by atoms with van der Waals surface area (Å²) in [6.45, 7) is 0. The minimum Gasteiger partial charge on any atom is -0.308 e. The molecule has 5 heteroatoms. The quantitative estimate of drug-likeness (QED) is 0.153.